The number of allylic oxidation sites excluding steroid dienone is 8. The Morgan fingerprint density at radius 3 is 1.86 bits per heavy atom. The van der Waals surface area contributed by atoms with E-state index in [9.17, 15) is 0 Å². The third kappa shape index (κ3) is 6.00. The Hall–Kier alpha value is -0.534. The van der Waals surface area contributed by atoms with E-state index in [0.29, 0.717) is 0 Å². The molecule has 2 aliphatic carbocycles. The fraction of sp³-hybridized carbons (Fsp3) is 0.385. The number of rotatable bonds is 0. The van der Waals surface area contributed by atoms with Crippen molar-refractivity contribution in [3.8, 4) is 0 Å². The molecule has 0 saturated heterocycles. The van der Waals surface area contributed by atoms with Crippen molar-refractivity contribution in [2.24, 2.45) is 0 Å². The van der Waals surface area contributed by atoms with E-state index in [1.165, 1.54) is 25.7 Å². The van der Waals surface area contributed by atoms with Gasteiger partial charge in [0.05, 0.1) is 0 Å². The summed E-state index contributed by atoms with van der Waals surface area (Å²) in [5.41, 5.74) is 0. The molecule has 0 aromatic heterocycles. The molecule has 0 amide bonds. The van der Waals surface area contributed by atoms with Crippen molar-refractivity contribution in [3.05, 3.63) is 47.0 Å². The van der Waals surface area contributed by atoms with E-state index >= 15 is 0 Å². The molecule has 0 saturated carbocycles. The molecule has 0 heterocycles. The summed E-state index contributed by atoms with van der Waals surface area (Å²) >= 11 is 4.14. The van der Waals surface area contributed by atoms with Crippen molar-refractivity contribution in [3.63, 3.8) is 0 Å². The van der Waals surface area contributed by atoms with Crippen LogP contribution < -0.4 is 0 Å². The molecule has 0 unspecified atom stereocenters. The Kier molecular flexibility index (Phi) is 6.46. The molecular weight excluding hydrogens is 215 g/mol. The summed E-state index contributed by atoms with van der Waals surface area (Å²) in [7, 11) is 0. The molecule has 0 radical (unpaired) electrons. The quantitative estimate of drug-likeness (QED) is 0.591. The van der Waals surface area contributed by atoms with Crippen molar-refractivity contribution in [1.29, 1.82) is 0 Å². The molecule has 0 nitrogen and oxygen atoms in total. The fourth-order valence-electron chi connectivity index (χ4n) is 1.29. The molecule has 0 aromatic rings. The molecule has 0 N–H and O–H groups in total. The second-order valence-corrected chi connectivity index (χ2v) is 4.03. The van der Waals surface area contributed by atoms with Crippen molar-refractivity contribution >= 4 is 0 Å². The average molecular weight is 232 g/mol. The second-order valence-electron chi connectivity index (χ2n) is 3.36. The van der Waals surface area contributed by atoms with Gasteiger partial charge in [-0.3, -0.25) is 0 Å². The predicted octanol–water partition coefficient (Wildman–Crippen LogP) is 4.05. The van der Waals surface area contributed by atoms with E-state index < -0.39 is 0 Å². The Labute approximate surface area is 95.1 Å². The Bertz CT molecular complexity index is 242. The fourth-order valence-corrected chi connectivity index (χ4v) is 1.51. The predicted molar refractivity (Wildman–Crippen MR) is 58.6 cm³/mol. The Morgan fingerprint density at radius 1 is 0.857 bits per heavy atom. The van der Waals surface area contributed by atoms with Gasteiger partial charge in [0.25, 0.3) is 0 Å². The molecule has 1 heteroatoms. The normalized spacial score (nSPS) is 24.0. The van der Waals surface area contributed by atoms with Gasteiger partial charge in [-0.05, 0) is 25.7 Å². The molecule has 0 spiro atoms. The van der Waals surface area contributed by atoms with Crippen LogP contribution in [0.1, 0.15) is 32.1 Å². The summed E-state index contributed by atoms with van der Waals surface area (Å²) in [6.07, 6.45) is 21.1. The van der Waals surface area contributed by atoms with Gasteiger partial charge in [-0.2, -0.15) is 0 Å². The number of hydrogen-bond donors (Lipinski definition) is 0. The maximum atomic E-state index is 4.14. The van der Waals surface area contributed by atoms with Gasteiger partial charge in [0.15, 0.2) is 0 Å². The number of hydrogen-bond acceptors (Lipinski definition) is 0. The van der Waals surface area contributed by atoms with Crippen LogP contribution >= 0.6 is 0 Å². The van der Waals surface area contributed by atoms with Gasteiger partial charge < -0.3 is 0 Å². The maximum absolute atomic E-state index is 4.14. The van der Waals surface area contributed by atoms with Crippen LogP contribution in [0.5, 0.6) is 0 Å². The molecular formula is C13H17Co. The van der Waals surface area contributed by atoms with Crippen LogP contribution in [0, 0.1) is 0 Å². The SMILES string of the molecule is C1=C\CCCC\C=C/1.[Co][C]1=CC=CC1. The molecule has 0 aromatic carbocycles. The van der Waals surface area contributed by atoms with Crippen LogP contribution in [0.25, 0.3) is 0 Å². The van der Waals surface area contributed by atoms with Crippen molar-refractivity contribution in [2.45, 2.75) is 32.1 Å². The summed E-state index contributed by atoms with van der Waals surface area (Å²) in [4.78, 5) is 0. The molecule has 0 fully saturated rings. The second kappa shape index (κ2) is 7.83. The molecule has 0 atom stereocenters. The van der Waals surface area contributed by atoms with Crippen LogP contribution in [0.4, 0.5) is 0 Å². The first kappa shape index (κ1) is 11.5. The van der Waals surface area contributed by atoms with Crippen molar-refractivity contribution in [2.75, 3.05) is 0 Å². The minimum absolute atomic E-state index is 1.03. The van der Waals surface area contributed by atoms with E-state index in [1.54, 1.807) is 0 Å². The monoisotopic (exact) mass is 232 g/mol. The Balaban J connectivity index is 0.000000146. The summed E-state index contributed by atoms with van der Waals surface area (Å²) < 4.78 is 1.16. The van der Waals surface area contributed by atoms with E-state index in [-0.39, 0.29) is 0 Å². The summed E-state index contributed by atoms with van der Waals surface area (Å²) in [6, 6.07) is 0. The van der Waals surface area contributed by atoms with E-state index in [2.05, 4.69) is 46.1 Å². The van der Waals surface area contributed by atoms with Gasteiger partial charge in [-0.25, -0.2) is 0 Å². The van der Waals surface area contributed by atoms with E-state index in [0.717, 1.165) is 10.9 Å². The van der Waals surface area contributed by atoms with E-state index in [4.69, 9.17) is 0 Å². The zero-order valence-corrected chi connectivity index (χ0v) is 9.45. The zero-order chi connectivity index (χ0) is 10.1. The van der Waals surface area contributed by atoms with Gasteiger partial charge in [0.1, 0.15) is 0 Å². The van der Waals surface area contributed by atoms with Crippen LogP contribution in [0.15, 0.2) is 47.0 Å². The van der Waals surface area contributed by atoms with Crippen LogP contribution in [-0.2, 0) is 15.7 Å². The van der Waals surface area contributed by atoms with Gasteiger partial charge in [0, 0.05) is 0 Å². The van der Waals surface area contributed by atoms with Crippen LogP contribution in [-0.4, -0.2) is 0 Å². The average Bonchev–Trinajstić information content (AvgIpc) is 2.55. The molecule has 14 heavy (non-hydrogen) atoms. The molecule has 0 bridgehead atoms. The van der Waals surface area contributed by atoms with Crippen LogP contribution in [0.2, 0.25) is 0 Å². The molecule has 78 valence electrons. The van der Waals surface area contributed by atoms with Crippen molar-refractivity contribution < 1.29 is 15.7 Å². The third-order valence-corrected chi connectivity index (χ3v) is 2.47. The van der Waals surface area contributed by atoms with Gasteiger partial charge in [-0.1, -0.05) is 24.3 Å². The first-order valence-electron chi connectivity index (χ1n) is 5.20. The van der Waals surface area contributed by atoms with Crippen LogP contribution in [0.3, 0.4) is 0 Å². The third-order valence-electron chi connectivity index (χ3n) is 2.08. The van der Waals surface area contributed by atoms with E-state index in [1.807, 2.05) is 12.2 Å². The molecule has 0 aliphatic heterocycles. The zero-order valence-electron chi connectivity index (χ0n) is 8.41. The van der Waals surface area contributed by atoms with Gasteiger partial charge in [0.2, 0.25) is 0 Å². The summed E-state index contributed by atoms with van der Waals surface area (Å²) in [5.74, 6) is 0. The summed E-state index contributed by atoms with van der Waals surface area (Å²) in [5, 5.41) is 0. The first-order valence-corrected chi connectivity index (χ1v) is 5.72. The first-order chi connectivity index (χ1) is 6.89. The topological polar surface area (TPSA) is 0 Å². The van der Waals surface area contributed by atoms with Gasteiger partial charge >= 0.3 is 44.9 Å². The standard InChI is InChI=1S/C8H12.C5H5.Co/c1-2-4-6-8-7-5-3-1;1-2-4-5-3-1;/h1-4H,5-8H2;1-3H,4H2;/b3-1-,4-2-;;. The Morgan fingerprint density at radius 2 is 1.50 bits per heavy atom. The summed E-state index contributed by atoms with van der Waals surface area (Å²) in [6.45, 7) is 0. The van der Waals surface area contributed by atoms with Crippen molar-refractivity contribution in [1.82, 2.24) is 0 Å². The minimum atomic E-state index is 1.03. The molecule has 2 aliphatic rings. The molecule has 2 rings (SSSR count). The van der Waals surface area contributed by atoms with Gasteiger partial charge in [-0.15, -0.1) is 0 Å².